The van der Waals surface area contributed by atoms with Crippen molar-refractivity contribution in [2.45, 2.75) is 39.3 Å². The summed E-state index contributed by atoms with van der Waals surface area (Å²) in [4.78, 5) is 7.14. The highest BCUT2D eigenvalue weighted by atomic mass is 16.5. The van der Waals surface area contributed by atoms with E-state index in [1.54, 1.807) is 19.2 Å². The number of phenols is 1. The Balaban J connectivity index is 1.63. The van der Waals surface area contributed by atoms with Crippen molar-refractivity contribution in [1.82, 2.24) is 10.6 Å². The van der Waals surface area contributed by atoms with Gasteiger partial charge in [-0.05, 0) is 56.5 Å². The van der Waals surface area contributed by atoms with Gasteiger partial charge in [-0.15, -0.1) is 0 Å². The number of anilines is 1. The first kappa shape index (κ1) is 20.8. The molecule has 1 saturated heterocycles. The van der Waals surface area contributed by atoms with Gasteiger partial charge < -0.3 is 25.4 Å². The minimum absolute atomic E-state index is 0.138. The van der Waals surface area contributed by atoms with Gasteiger partial charge in [-0.1, -0.05) is 23.8 Å². The summed E-state index contributed by atoms with van der Waals surface area (Å²) in [6.45, 7) is 7.51. The first-order valence-electron chi connectivity index (χ1n) is 10.3. The van der Waals surface area contributed by atoms with Crippen molar-refractivity contribution in [2.75, 3.05) is 31.6 Å². The average molecular weight is 397 g/mol. The zero-order valence-electron chi connectivity index (χ0n) is 17.6. The number of nitrogens with zero attached hydrogens (tertiary/aromatic N) is 2. The lowest BCUT2D eigenvalue weighted by Crippen LogP contribution is -2.51. The largest absolute Gasteiger partial charge is 0.504 e. The second kappa shape index (κ2) is 10.0. The highest BCUT2D eigenvalue weighted by molar-refractivity contribution is 5.80. The van der Waals surface area contributed by atoms with Crippen LogP contribution < -0.4 is 20.3 Å². The zero-order valence-corrected chi connectivity index (χ0v) is 17.6. The summed E-state index contributed by atoms with van der Waals surface area (Å²) in [7, 11) is 1.55. The van der Waals surface area contributed by atoms with Crippen LogP contribution >= 0.6 is 0 Å². The van der Waals surface area contributed by atoms with Crippen LogP contribution in [0.2, 0.25) is 0 Å². The van der Waals surface area contributed by atoms with Crippen molar-refractivity contribution in [3.8, 4) is 11.5 Å². The Hall–Kier alpha value is -2.89. The molecule has 0 spiro atoms. The van der Waals surface area contributed by atoms with Crippen LogP contribution in [0.25, 0.3) is 0 Å². The number of aromatic hydroxyl groups is 1. The van der Waals surface area contributed by atoms with Crippen LogP contribution in [0.5, 0.6) is 11.5 Å². The van der Waals surface area contributed by atoms with Crippen molar-refractivity contribution < 1.29 is 9.84 Å². The first-order valence-corrected chi connectivity index (χ1v) is 10.3. The van der Waals surface area contributed by atoms with E-state index in [1.807, 2.05) is 6.07 Å². The number of rotatable bonds is 6. The lowest BCUT2D eigenvalue weighted by Gasteiger charge is -2.35. The van der Waals surface area contributed by atoms with Crippen LogP contribution in [0.15, 0.2) is 47.5 Å². The van der Waals surface area contributed by atoms with Crippen LogP contribution in [0.3, 0.4) is 0 Å². The van der Waals surface area contributed by atoms with E-state index in [0.29, 0.717) is 18.3 Å². The number of hydrogen-bond donors (Lipinski definition) is 3. The van der Waals surface area contributed by atoms with E-state index in [4.69, 9.17) is 9.73 Å². The van der Waals surface area contributed by atoms with Crippen LogP contribution in [0, 0.1) is 6.92 Å². The summed E-state index contributed by atoms with van der Waals surface area (Å²) in [6.07, 6.45) is 2.27. The van der Waals surface area contributed by atoms with Crippen molar-refractivity contribution in [3.63, 3.8) is 0 Å². The molecule has 0 saturated carbocycles. The second-order valence-electron chi connectivity index (χ2n) is 7.47. The van der Waals surface area contributed by atoms with Crippen LogP contribution in [0.4, 0.5) is 5.69 Å². The van der Waals surface area contributed by atoms with Gasteiger partial charge in [-0.2, -0.15) is 0 Å². The van der Waals surface area contributed by atoms with Gasteiger partial charge in [0.15, 0.2) is 17.5 Å². The van der Waals surface area contributed by atoms with E-state index in [-0.39, 0.29) is 5.75 Å². The van der Waals surface area contributed by atoms with Gasteiger partial charge in [0, 0.05) is 31.4 Å². The zero-order chi connectivity index (χ0) is 20.6. The van der Waals surface area contributed by atoms with E-state index < -0.39 is 0 Å². The molecule has 1 heterocycles. The maximum Gasteiger partial charge on any atom is 0.191 e. The number of nitrogens with one attached hydrogen (secondary N) is 2. The minimum atomic E-state index is 0.138. The highest BCUT2D eigenvalue weighted by Gasteiger charge is 2.21. The summed E-state index contributed by atoms with van der Waals surface area (Å²) in [5.41, 5.74) is 3.50. The molecule has 6 nitrogen and oxygen atoms in total. The number of aliphatic imine (C=N–C) groups is 1. The third kappa shape index (κ3) is 5.79. The Bertz CT molecular complexity index is 820. The van der Waals surface area contributed by atoms with Gasteiger partial charge in [-0.3, -0.25) is 0 Å². The van der Waals surface area contributed by atoms with E-state index in [0.717, 1.165) is 44.0 Å². The molecular formula is C23H32N4O2. The van der Waals surface area contributed by atoms with Crippen molar-refractivity contribution in [3.05, 3.63) is 53.6 Å². The van der Waals surface area contributed by atoms with Gasteiger partial charge in [-0.25, -0.2) is 4.99 Å². The smallest absolute Gasteiger partial charge is 0.191 e. The lowest BCUT2D eigenvalue weighted by molar-refractivity contribution is 0.373. The van der Waals surface area contributed by atoms with Crippen LogP contribution in [0.1, 0.15) is 30.9 Å². The SMILES string of the molecule is CCNC(=NCc1ccc(OC)c(O)c1)NC1CCCN(c2ccc(C)cc2)C1. The fraction of sp³-hybridized carbons (Fsp3) is 0.435. The van der Waals surface area contributed by atoms with Gasteiger partial charge in [0.1, 0.15) is 0 Å². The molecule has 156 valence electrons. The van der Waals surface area contributed by atoms with Crippen LogP contribution in [-0.2, 0) is 6.54 Å². The number of phenolic OH excluding ortho intramolecular Hbond substituents is 1. The third-order valence-electron chi connectivity index (χ3n) is 5.17. The van der Waals surface area contributed by atoms with Crippen molar-refractivity contribution in [2.24, 2.45) is 4.99 Å². The molecule has 1 fully saturated rings. The van der Waals surface area contributed by atoms with E-state index in [2.05, 4.69) is 53.6 Å². The topological polar surface area (TPSA) is 69.1 Å². The summed E-state index contributed by atoms with van der Waals surface area (Å²) in [5.74, 6) is 1.42. The minimum Gasteiger partial charge on any atom is -0.504 e. The van der Waals surface area contributed by atoms with Gasteiger partial charge >= 0.3 is 0 Å². The number of ether oxygens (including phenoxy) is 1. The predicted molar refractivity (Wildman–Crippen MR) is 119 cm³/mol. The summed E-state index contributed by atoms with van der Waals surface area (Å²) < 4.78 is 5.10. The number of aryl methyl sites for hydroxylation is 1. The molecule has 2 aromatic carbocycles. The van der Waals surface area contributed by atoms with E-state index in [1.165, 1.54) is 11.3 Å². The van der Waals surface area contributed by atoms with Gasteiger partial charge in [0.05, 0.1) is 13.7 Å². The molecule has 6 heteroatoms. The molecular weight excluding hydrogens is 364 g/mol. The quantitative estimate of drug-likeness (QED) is 0.516. The fourth-order valence-corrected chi connectivity index (χ4v) is 3.60. The van der Waals surface area contributed by atoms with Crippen LogP contribution in [-0.4, -0.2) is 43.9 Å². The third-order valence-corrected chi connectivity index (χ3v) is 5.17. The maximum absolute atomic E-state index is 9.97. The molecule has 3 N–H and O–H groups in total. The molecule has 0 radical (unpaired) electrons. The highest BCUT2D eigenvalue weighted by Crippen LogP contribution is 2.26. The molecule has 29 heavy (non-hydrogen) atoms. The summed E-state index contributed by atoms with van der Waals surface area (Å²) in [6, 6.07) is 14.5. The molecule has 1 aliphatic heterocycles. The number of guanidine groups is 1. The van der Waals surface area contributed by atoms with Gasteiger partial charge in [0.2, 0.25) is 0 Å². The number of methoxy groups -OCH3 is 1. The normalized spacial score (nSPS) is 17.1. The Morgan fingerprint density at radius 2 is 2.03 bits per heavy atom. The number of hydrogen-bond acceptors (Lipinski definition) is 4. The molecule has 0 bridgehead atoms. The predicted octanol–water partition coefficient (Wildman–Crippen LogP) is 3.43. The Morgan fingerprint density at radius 3 is 2.72 bits per heavy atom. The number of piperidine rings is 1. The Morgan fingerprint density at radius 1 is 1.24 bits per heavy atom. The maximum atomic E-state index is 9.97. The number of benzene rings is 2. The average Bonchev–Trinajstić information content (AvgIpc) is 2.73. The second-order valence-corrected chi connectivity index (χ2v) is 7.47. The Labute approximate surface area is 173 Å². The molecule has 1 unspecified atom stereocenters. The molecule has 2 aromatic rings. The molecule has 0 aromatic heterocycles. The summed E-state index contributed by atoms with van der Waals surface area (Å²) in [5, 5.41) is 16.9. The summed E-state index contributed by atoms with van der Waals surface area (Å²) >= 11 is 0. The monoisotopic (exact) mass is 396 g/mol. The lowest BCUT2D eigenvalue weighted by atomic mass is 10.0. The molecule has 3 rings (SSSR count). The van der Waals surface area contributed by atoms with E-state index in [9.17, 15) is 5.11 Å². The standard InChI is InChI=1S/C23H32N4O2/c1-4-24-23(25-15-18-9-12-22(29-3)21(28)14-18)26-19-6-5-13-27(16-19)20-10-7-17(2)8-11-20/h7-12,14,19,28H,4-6,13,15-16H2,1-3H3,(H2,24,25,26). The molecule has 0 amide bonds. The van der Waals surface area contributed by atoms with E-state index >= 15 is 0 Å². The van der Waals surface area contributed by atoms with Crippen molar-refractivity contribution >= 4 is 11.6 Å². The molecule has 1 atom stereocenters. The Kier molecular flexibility index (Phi) is 7.22. The van der Waals surface area contributed by atoms with Gasteiger partial charge in [0.25, 0.3) is 0 Å². The first-order chi connectivity index (χ1) is 14.1. The molecule has 0 aliphatic carbocycles. The van der Waals surface area contributed by atoms with Crippen molar-refractivity contribution in [1.29, 1.82) is 0 Å². The fourth-order valence-electron chi connectivity index (χ4n) is 3.60. The molecule has 1 aliphatic rings.